The Hall–Kier alpha value is -3.55. The molecule has 0 fully saturated rings. The number of hydrogen-bond donors (Lipinski definition) is 1. The van der Waals surface area contributed by atoms with E-state index in [4.69, 9.17) is 10.5 Å². The number of nitrogens with two attached hydrogens (primary N) is 1. The standard InChI is InChI=1S/C21H16F3N3O2/c22-18-17(5-2-10-26-18)13-3-1-4-15(11-13)21(12-28-20(25)27-21)14-6-8-16(9-7-14)29-19(23)24/h1-11,19H,12H2,(H2,25,27)/t21-/m0/s1. The molecule has 0 unspecified atom stereocenters. The monoisotopic (exact) mass is 399 g/mol. The van der Waals surface area contributed by atoms with Gasteiger partial charge in [-0.25, -0.2) is 9.98 Å². The molecule has 0 amide bonds. The third-order valence-electron chi connectivity index (χ3n) is 4.70. The van der Waals surface area contributed by atoms with Crippen molar-refractivity contribution in [2.45, 2.75) is 12.2 Å². The smallest absolute Gasteiger partial charge is 0.387 e. The summed E-state index contributed by atoms with van der Waals surface area (Å²) in [6, 6.07) is 16.6. The Morgan fingerprint density at radius 2 is 1.83 bits per heavy atom. The van der Waals surface area contributed by atoms with Crippen LogP contribution in [0.15, 0.2) is 71.9 Å². The number of aromatic nitrogens is 1. The molecule has 5 nitrogen and oxygen atoms in total. The summed E-state index contributed by atoms with van der Waals surface area (Å²) in [6.07, 6.45) is 1.38. The molecule has 0 radical (unpaired) electrons. The molecular weight excluding hydrogens is 383 g/mol. The molecule has 148 valence electrons. The number of rotatable bonds is 5. The minimum atomic E-state index is -2.91. The summed E-state index contributed by atoms with van der Waals surface area (Å²) >= 11 is 0. The first kappa shape index (κ1) is 18.8. The molecule has 8 heteroatoms. The van der Waals surface area contributed by atoms with Crippen LogP contribution in [0.2, 0.25) is 0 Å². The van der Waals surface area contributed by atoms with Crippen LogP contribution in [0.1, 0.15) is 11.1 Å². The van der Waals surface area contributed by atoms with Gasteiger partial charge < -0.3 is 15.2 Å². The van der Waals surface area contributed by atoms with Crippen molar-refractivity contribution < 1.29 is 22.6 Å². The minimum absolute atomic E-state index is 0.0101. The fourth-order valence-corrected chi connectivity index (χ4v) is 3.35. The average Bonchev–Trinajstić information content (AvgIpc) is 3.11. The molecule has 1 aliphatic rings. The molecule has 0 saturated carbocycles. The number of pyridine rings is 1. The van der Waals surface area contributed by atoms with Crippen molar-refractivity contribution in [2.24, 2.45) is 10.7 Å². The number of benzene rings is 2. The average molecular weight is 399 g/mol. The summed E-state index contributed by atoms with van der Waals surface area (Å²) in [5.74, 6) is -0.557. The van der Waals surface area contributed by atoms with Gasteiger partial charge in [0.1, 0.15) is 12.4 Å². The van der Waals surface area contributed by atoms with Gasteiger partial charge in [0.2, 0.25) is 5.95 Å². The van der Waals surface area contributed by atoms with Gasteiger partial charge >= 0.3 is 6.61 Å². The molecule has 2 heterocycles. The normalized spacial score (nSPS) is 18.4. The summed E-state index contributed by atoms with van der Waals surface area (Å²) in [5.41, 5.74) is 7.13. The van der Waals surface area contributed by atoms with Gasteiger partial charge in [-0.05, 0) is 47.0 Å². The second kappa shape index (κ2) is 7.46. The van der Waals surface area contributed by atoms with Crippen LogP contribution in [0.25, 0.3) is 11.1 Å². The largest absolute Gasteiger partial charge is 0.462 e. The molecule has 0 bridgehead atoms. The summed E-state index contributed by atoms with van der Waals surface area (Å²) in [5, 5.41) is 0. The van der Waals surface area contributed by atoms with E-state index in [1.165, 1.54) is 18.3 Å². The number of amidine groups is 1. The zero-order chi connectivity index (χ0) is 20.4. The first-order valence-electron chi connectivity index (χ1n) is 8.73. The van der Waals surface area contributed by atoms with E-state index in [0.29, 0.717) is 22.3 Å². The van der Waals surface area contributed by atoms with Crippen molar-refractivity contribution in [3.05, 3.63) is 83.9 Å². The van der Waals surface area contributed by atoms with Crippen LogP contribution in [-0.4, -0.2) is 24.2 Å². The molecule has 2 N–H and O–H groups in total. The molecule has 4 rings (SSSR count). The Balaban J connectivity index is 1.79. The first-order valence-corrected chi connectivity index (χ1v) is 8.73. The van der Waals surface area contributed by atoms with Crippen molar-refractivity contribution in [1.82, 2.24) is 4.98 Å². The molecular formula is C21H16F3N3O2. The minimum Gasteiger partial charge on any atom is -0.462 e. The van der Waals surface area contributed by atoms with Crippen molar-refractivity contribution in [3.63, 3.8) is 0 Å². The van der Waals surface area contributed by atoms with Crippen LogP contribution in [0, 0.1) is 5.95 Å². The van der Waals surface area contributed by atoms with Crippen LogP contribution in [-0.2, 0) is 10.3 Å². The predicted octanol–water partition coefficient (Wildman–Crippen LogP) is 4.08. The lowest BCUT2D eigenvalue weighted by atomic mass is 9.83. The van der Waals surface area contributed by atoms with E-state index in [1.807, 2.05) is 6.07 Å². The number of alkyl halides is 2. The maximum absolute atomic E-state index is 14.2. The lowest BCUT2D eigenvalue weighted by Gasteiger charge is -2.26. The SMILES string of the molecule is NC1=N[C@@](c2ccc(OC(F)F)cc2)(c2cccc(-c3cccnc3F)c2)CO1. The van der Waals surface area contributed by atoms with Crippen LogP contribution in [0.3, 0.4) is 0 Å². The second-order valence-electron chi connectivity index (χ2n) is 6.42. The highest BCUT2D eigenvalue weighted by atomic mass is 19.3. The lowest BCUT2D eigenvalue weighted by Crippen LogP contribution is -2.27. The Morgan fingerprint density at radius 1 is 1.03 bits per heavy atom. The van der Waals surface area contributed by atoms with E-state index in [-0.39, 0.29) is 18.4 Å². The van der Waals surface area contributed by atoms with Crippen molar-refractivity contribution >= 4 is 6.02 Å². The van der Waals surface area contributed by atoms with Gasteiger partial charge in [0.25, 0.3) is 6.02 Å². The Kier molecular flexibility index (Phi) is 4.84. The molecule has 29 heavy (non-hydrogen) atoms. The van der Waals surface area contributed by atoms with Crippen LogP contribution < -0.4 is 10.5 Å². The predicted molar refractivity (Wildman–Crippen MR) is 101 cm³/mol. The van der Waals surface area contributed by atoms with E-state index in [2.05, 4.69) is 14.7 Å². The van der Waals surface area contributed by atoms with E-state index in [0.717, 1.165) is 0 Å². The highest BCUT2D eigenvalue weighted by molar-refractivity contribution is 5.75. The van der Waals surface area contributed by atoms with Gasteiger partial charge in [-0.1, -0.05) is 30.3 Å². The molecule has 1 aliphatic heterocycles. The molecule has 2 aromatic carbocycles. The highest BCUT2D eigenvalue weighted by Crippen LogP contribution is 2.39. The number of nitrogens with zero attached hydrogens (tertiary/aromatic N) is 2. The van der Waals surface area contributed by atoms with Crippen LogP contribution >= 0.6 is 0 Å². The summed E-state index contributed by atoms with van der Waals surface area (Å²) in [4.78, 5) is 8.17. The number of ether oxygens (including phenoxy) is 2. The van der Waals surface area contributed by atoms with Crippen molar-refractivity contribution in [2.75, 3.05) is 6.61 Å². The third-order valence-corrected chi connectivity index (χ3v) is 4.70. The zero-order valence-electron chi connectivity index (χ0n) is 15.1. The Bertz CT molecular complexity index is 1060. The lowest BCUT2D eigenvalue weighted by molar-refractivity contribution is -0.0498. The highest BCUT2D eigenvalue weighted by Gasteiger charge is 2.40. The van der Waals surface area contributed by atoms with Gasteiger partial charge in [0.15, 0.2) is 5.54 Å². The number of hydrogen-bond acceptors (Lipinski definition) is 5. The quantitative estimate of drug-likeness (QED) is 0.657. The summed E-state index contributed by atoms with van der Waals surface area (Å²) in [6.45, 7) is -2.79. The van der Waals surface area contributed by atoms with E-state index >= 15 is 0 Å². The summed E-state index contributed by atoms with van der Waals surface area (Å²) < 4.78 is 48.9. The molecule has 3 aromatic rings. The van der Waals surface area contributed by atoms with Gasteiger partial charge in [0, 0.05) is 11.8 Å². The van der Waals surface area contributed by atoms with E-state index in [1.54, 1.807) is 42.5 Å². The molecule has 1 atom stereocenters. The van der Waals surface area contributed by atoms with Gasteiger partial charge in [-0.2, -0.15) is 13.2 Å². The summed E-state index contributed by atoms with van der Waals surface area (Å²) in [7, 11) is 0. The zero-order valence-corrected chi connectivity index (χ0v) is 15.1. The first-order chi connectivity index (χ1) is 14.0. The number of aliphatic imine (C=N–C) groups is 1. The topological polar surface area (TPSA) is 69.7 Å². The van der Waals surface area contributed by atoms with Gasteiger partial charge in [0.05, 0.1) is 0 Å². The Labute approximate surface area is 164 Å². The number of halogens is 3. The second-order valence-corrected chi connectivity index (χ2v) is 6.42. The van der Waals surface area contributed by atoms with Crippen molar-refractivity contribution in [1.29, 1.82) is 0 Å². The molecule has 1 aromatic heterocycles. The molecule has 0 aliphatic carbocycles. The van der Waals surface area contributed by atoms with Gasteiger partial charge in [-0.15, -0.1) is 0 Å². The van der Waals surface area contributed by atoms with E-state index in [9.17, 15) is 13.2 Å². The maximum atomic E-state index is 14.2. The van der Waals surface area contributed by atoms with Crippen LogP contribution in [0.5, 0.6) is 5.75 Å². The van der Waals surface area contributed by atoms with E-state index < -0.39 is 18.1 Å². The fourth-order valence-electron chi connectivity index (χ4n) is 3.35. The molecule has 0 saturated heterocycles. The van der Waals surface area contributed by atoms with Crippen LogP contribution in [0.4, 0.5) is 13.2 Å². The van der Waals surface area contributed by atoms with Gasteiger partial charge in [-0.3, -0.25) is 0 Å². The maximum Gasteiger partial charge on any atom is 0.387 e. The Morgan fingerprint density at radius 3 is 2.48 bits per heavy atom. The van der Waals surface area contributed by atoms with Crippen molar-refractivity contribution in [3.8, 4) is 16.9 Å². The third kappa shape index (κ3) is 3.61. The fraction of sp³-hybridized carbons (Fsp3) is 0.143. The molecule has 0 spiro atoms.